The Hall–Kier alpha value is -1.85. The molecule has 2 aromatic rings. The highest BCUT2D eigenvalue weighted by Gasteiger charge is 2.12. The van der Waals surface area contributed by atoms with Crippen molar-refractivity contribution in [2.24, 2.45) is 0 Å². The topological polar surface area (TPSA) is 58.6 Å². The maximum Gasteiger partial charge on any atom is 0.255 e. The summed E-state index contributed by atoms with van der Waals surface area (Å²) in [6, 6.07) is 14.6. The van der Waals surface area contributed by atoms with Crippen molar-refractivity contribution in [1.82, 2.24) is 5.32 Å². The average molecular weight is 364 g/mol. The maximum absolute atomic E-state index is 12.2. The van der Waals surface area contributed by atoms with Gasteiger partial charge in [0.1, 0.15) is 11.5 Å². The molecule has 0 aromatic heterocycles. The minimum Gasteiger partial charge on any atom is -0.456 e. The number of amides is 1. The lowest BCUT2D eigenvalue weighted by atomic mass is 10.2. The monoisotopic (exact) mass is 363 g/mol. The van der Waals surface area contributed by atoms with Crippen LogP contribution in [0, 0.1) is 0 Å². The first-order valence-corrected chi connectivity index (χ1v) is 7.91. The lowest BCUT2D eigenvalue weighted by Crippen LogP contribution is -2.25. The lowest BCUT2D eigenvalue weighted by Gasteiger charge is -2.11. The summed E-state index contributed by atoms with van der Waals surface area (Å²) in [6.45, 7) is 0.670. The number of carbonyl (C=O) groups is 1. The molecule has 1 amide bonds. The molecule has 2 N–H and O–H groups in total. The summed E-state index contributed by atoms with van der Waals surface area (Å²) in [4.78, 5) is 12.2. The number of unbranched alkanes of at least 4 members (excludes halogenated alkanes) is 1. The Balaban J connectivity index is 2.07. The number of carbonyl (C=O) groups excluding carboxylic acids is 1. The van der Waals surface area contributed by atoms with Gasteiger partial charge in [-0.15, -0.1) is 0 Å². The number of rotatable bonds is 7. The number of hydrogen-bond acceptors (Lipinski definition) is 3. The van der Waals surface area contributed by atoms with Crippen LogP contribution in [0.15, 0.2) is 53.0 Å². The average Bonchev–Trinajstić information content (AvgIpc) is 2.52. The van der Waals surface area contributed by atoms with Crippen LogP contribution < -0.4 is 10.1 Å². The van der Waals surface area contributed by atoms with Gasteiger partial charge in [-0.1, -0.05) is 34.1 Å². The molecule has 0 saturated carbocycles. The highest BCUT2D eigenvalue weighted by atomic mass is 79.9. The summed E-state index contributed by atoms with van der Waals surface area (Å²) in [5.74, 6) is 0.999. The quantitative estimate of drug-likeness (QED) is 0.736. The predicted octanol–water partition coefficient (Wildman–Crippen LogP) is 3.74. The van der Waals surface area contributed by atoms with Gasteiger partial charge >= 0.3 is 0 Å². The number of halogens is 1. The van der Waals surface area contributed by atoms with E-state index in [-0.39, 0.29) is 12.5 Å². The number of ether oxygens (including phenoxy) is 1. The zero-order chi connectivity index (χ0) is 15.8. The molecule has 0 radical (unpaired) electrons. The highest BCUT2D eigenvalue weighted by Crippen LogP contribution is 2.27. The van der Waals surface area contributed by atoms with Crippen molar-refractivity contribution in [1.29, 1.82) is 0 Å². The summed E-state index contributed by atoms with van der Waals surface area (Å²) >= 11 is 3.39. The molecule has 0 fully saturated rings. The van der Waals surface area contributed by atoms with Crippen LogP contribution in [0.5, 0.6) is 11.5 Å². The van der Waals surface area contributed by atoms with Crippen LogP contribution in [-0.2, 0) is 0 Å². The van der Waals surface area contributed by atoms with Crippen LogP contribution in [0.2, 0.25) is 0 Å². The lowest BCUT2D eigenvalue weighted by molar-refractivity contribution is 0.0950. The fraction of sp³-hybridized carbons (Fsp3) is 0.235. The minimum absolute atomic E-state index is 0.137. The first-order chi connectivity index (χ1) is 10.7. The van der Waals surface area contributed by atoms with E-state index < -0.39 is 0 Å². The fourth-order valence-electron chi connectivity index (χ4n) is 1.93. The van der Waals surface area contributed by atoms with Crippen molar-refractivity contribution in [3.05, 3.63) is 58.6 Å². The molecule has 0 aliphatic heterocycles. The fourth-order valence-corrected chi connectivity index (χ4v) is 2.31. The third kappa shape index (κ3) is 4.86. The number of hydrogen-bond donors (Lipinski definition) is 2. The third-order valence-electron chi connectivity index (χ3n) is 3.03. The third-order valence-corrected chi connectivity index (χ3v) is 3.52. The van der Waals surface area contributed by atoms with Crippen LogP contribution in [0.1, 0.15) is 23.2 Å². The molecular weight excluding hydrogens is 346 g/mol. The summed E-state index contributed by atoms with van der Waals surface area (Å²) in [7, 11) is 0. The van der Waals surface area contributed by atoms with Crippen molar-refractivity contribution in [2.45, 2.75) is 12.8 Å². The summed E-state index contributed by atoms with van der Waals surface area (Å²) in [5, 5.41) is 11.6. The molecule has 116 valence electrons. The van der Waals surface area contributed by atoms with E-state index in [2.05, 4.69) is 21.2 Å². The van der Waals surface area contributed by atoms with E-state index in [1.165, 1.54) is 0 Å². The standard InChI is InChI=1S/C17H18BrNO3/c18-13-6-5-7-14(12-13)22-16-9-2-1-8-15(16)17(21)19-10-3-4-11-20/h1-2,5-9,12,20H,3-4,10-11H2,(H,19,21). The number of nitrogens with one attached hydrogen (secondary N) is 1. The molecule has 0 spiro atoms. The number of benzene rings is 2. The molecule has 0 atom stereocenters. The molecule has 0 unspecified atom stereocenters. The van der Waals surface area contributed by atoms with E-state index >= 15 is 0 Å². The van der Waals surface area contributed by atoms with Gasteiger partial charge in [0.05, 0.1) is 5.56 Å². The largest absolute Gasteiger partial charge is 0.456 e. The van der Waals surface area contributed by atoms with Crippen LogP contribution >= 0.6 is 15.9 Å². The first-order valence-electron chi connectivity index (χ1n) is 7.12. The number of aliphatic hydroxyl groups excluding tert-OH is 1. The number of para-hydroxylation sites is 1. The van der Waals surface area contributed by atoms with Crippen LogP contribution in [0.4, 0.5) is 0 Å². The van der Waals surface area contributed by atoms with E-state index in [9.17, 15) is 4.79 Å². The Morgan fingerprint density at radius 2 is 1.95 bits per heavy atom. The van der Waals surface area contributed by atoms with Gasteiger partial charge < -0.3 is 15.2 Å². The van der Waals surface area contributed by atoms with Crippen molar-refractivity contribution in [3.63, 3.8) is 0 Å². The minimum atomic E-state index is -0.177. The molecule has 0 aliphatic carbocycles. The van der Waals surface area contributed by atoms with E-state index in [0.717, 1.165) is 10.9 Å². The molecule has 22 heavy (non-hydrogen) atoms. The summed E-state index contributed by atoms with van der Waals surface area (Å²) in [5.41, 5.74) is 0.492. The Labute approximate surface area is 138 Å². The Morgan fingerprint density at radius 3 is 2.73 bits per heavy atom. The van der Waals surface area contributed by atoms with E-state index in [4.69, 9.17) is 9.84 Å². The second-order valence-corrected chi connectivity index (χ2v) is 5.66. The molecule has 4 nitrogen and oxygen atoms in total. The van der Waals surface area contributed by atoms with Gasteiger partial charge in [0, 0.05) is 17.6 Å². The van der Waals surface area contributed by atoms with Crippen molar-refractivity contribution >= 4 is 21.8 Å². The van der Waals surface area contributed by atoms with Gasteiger partial charge in [0.15, 0.2) is 0 Å². The zero-order valence-corrected chi connectivity index (χ0v) is 13.7. The van der Waals surface area contributed by atoms with Gasteiger partial charge in [0.2, 0.25) is 0 Å². The van der Waals surface area contributed by atoms with Gasteiger partial charge in [-0.3, -0.25) is 4.79 Å². The molecule has 0 bridgehead atoms. The van der Waals surface area contributed by atoms with Gasteiger partial charge in [-0.05, 0) is 43.2 Å². The van der Waals surface area contributed by atoms with Crippen molar-refractivity contribution in [2.75, 3.05) is 13.2 Å². The molecule has 2 aromatic carbocycles. The normalized spacial score (nSPS) is 10.3. The van der Waals surface area contributed by atoms with Crippen LogP contribution in [-0.4, -0.2) is 24.2 Å². The van der Waals surface area contributed by atoms with E-state index in [1.54, 1.807) is 18.2 Å². The molecule has 2 rings (SSSR count). The van der Waals surface area contributed by atoms with Crippen molar-refractivity contribution < 1.29 is 14.6 Å². The van der Waals surface area contributed by atoms with Crippen LogP contribution in [0.3, 0.4) is 0 Å². The second kappa shape index (κ2) is 8.56. The van der Waals surface area contributed by atoms with Gasteiger partial charge in [0.25, 0.3) is 5.91 Å². The smallest absolute Gasteiger partial charge is 0.255 e. The molecular formula is C17H18BrNO3. The van der Waals surface area contributed by atoms with Gasteiger partial charge in [-0.25, -0.2) is 0 Å². The SMILES string of the molecule is O=C(NCCCCO)c1ccccc1Oc1cccc(Br)c1. The molecule has 0 saturated heterocycles. The Kier molecular flexibility index (Phi) is 6.43. The Morgan fingerprint density at radius 1 is 1.14 bits per heavy atom. The second-order valence-electron chi connectivity index (χ2n) is 4.74. The van der Waals surface area contributed by atoms with E-state index in [0.29, 0.717) is 30.0 Å². The summed E-state index contributed by atoms with van der Waals surface area (Å²) in [6.07, 6.45) is 1.42. The van der Waals surface area contributed by atoms with Crippen molar-refractivity contribution in [3.8, 4) is 11.5 Å². The zero-order valence-electron chi connectivity index (χ0n) is 12.1. The predicted molar refractivity (Wildman–Crippen MR) is 89.3 cm³/mol. The molecule has 5 heteroatoms. The van der Waals surface area contributed by atoms with E-state index in [1.807, 2.05) is 30.3 Å². The summed E-state index contributed by atoms with van der Waals surface area (Å²) < 4.78 is 6.72. The van der Waals surface area contributed by atoms with Gasteiger partial charge in [-0.2, -0.15) is 0 Å². The van der Waals surface area contributed by atoms with Crippen LogP contribution in [0.25, 0.3) is 0 Å². The molecule has 0 aliphatic rings. The number of aliphatic hydroxyl groups is 1. The Bertz CT molecular complexity index is 631. The first kappa shape index (κ1) is 16.5. The highest BCUT2D eigenvalue weighted by molar-refractivity contribution is 9.10. The molecule has 0 heterocycles. The maximum atomic E-state index is 12.2.